The standard InChI is InChI=1S/C9H12.C7H8.2C2H6.2CH4/c1-2-6-9-7-4-3-5-8-9;1-7-5-3-2-4-6-7;2*1-2;;/h3-5,7-8H,2,6H2,1H3;2-6H,1H3;2*1-2H3;2*1H4. The second-order valence-corrected chi connectivity index (χ2v) is 3.89. The Morgan fingerprint density at radius 1 is 0.636 bits per heavy atom. The molecule has 0 aromatic heterocycles. The molecule has 2 aromatic carbocycles. The molecule has 0 nitrogen and oxygen atoms in total. The van der Waals surface area contributed by atoms with Crippen LogP contribution in [0.2, 0.25) is 0 Å². The number of hydrogen-bond donors (Lipinski definition) is 0. The van der Waals surface area contributed by atoms with Crippen molar-refractivity contribution in [3.63, 3.8) is 0 Å². The molecule has 0 spiro atoms. The van der Waals surface area contributed by atoms with E-state index < -0.39 is 0 Å². The zero-order valence-corrected chi connectivity index (χ0v) is 14.2. The van der Waals surface area contributed by atoms with Gasteiger partial charge in [0, 0.05) is 0 Å². The van der Waals surface area contributed by atoms with Crippen molar-refractivity contribution < 1.29 is 0 Å². The van der Waals surface area contributed by atoms with Crippen molar-refractivity contribution in [2.45, 2.75) is 69.2 Å². The highest BCUT2D eigenvalue weighted by Crippen LogP contribution is 2.00. The topological polar surface area (TPSA) is 0 Å². The molecule has 0 fully saturated rings. The summed E-state index contributed by atoms with van der Waals surface area (Å²) < 4.78 is 0. The van der Waals surface area contributed by atoms with Gasteiger partial charge in [-0.25, -0.2) is 0 Å². The van der Waals surface area contributed by atoms with E-state index in [9.17, 15) is 0 Å². The Labute approximate surface area is 141 Å². The van der Waals surface area contributed by atoms with Gasteiger partial charge in [-0.2, -0.15) is 0 Å². The smallest absolute Gasteiger partial charge is 0.0281 e. The molecule has 0 aliphatic carbocycles. The van der Waals surface area contributed by atoms with E-state index in [0.29, 0.717) is 0 Å². The maximum Gasteiger partial charge on any atom is -0.0281 e. The van der Waals surface area contributed by atoms with Crippen LogP contribution in [0.25, 0.3) is 0 Å². The van der Waals surface area contributed by atoms with Crippen LogP contribution in [0, 0.1) is 6.92 Å². The lowest BCUT2D eigenvalue weighted by Gasteiger charge is -1.93. The fourth-order valence-electron chi connectivity index (χ4n) is 1.47. The van der Waals surface area contributed by atoms with Crippen molar-refractivity contribution in [2.75, 3.05) is 0 Å². The van der Waals surface area contributed by atoms with Gasteiger partial charge >= 0.3 is 0 Å². The van der Waals surface area contributed by atoms with Gasteiger partial charge in [0.05, 0.1) is 0 Å². The number of hydrogen-bond acceptors (Lipinski definition) is 0. The van der Waals surface area contributed by atoms with Gasteiger partial charge in [-0.15, -0.1) is 0 Å². The Kier molecular flexibility index (Phi) is 31.8. The molecular weight excluding hydrogens is 264 g/mol. The SMILES string of the molecule is C.C.CC.CC.CCCc1ccccc1.Cc1ccccc1. The van der Waals surface area contributed by atoms with E-state index in [2.05, 4.69) is 56.3 Å². The summed E-state index contributed by atoms with van der Waals surface area (Å²) in [6, 6.07) is 20.8. The second-order valence-electron chi connectivity index (χ2n) is 3.89. The van der Waals surface area contributed by atoms with Crippen LogP contribution in [0.5, 0.6) is 0 Å². The first-order valence-corrected chi connectivity index (χ1v) is 7.88. The maximum absolute atomic E-state index is 2.20. The van der Waals surface area contributed by atoms with E-state index in [1.165, 1.54) is 24.0 Å². The summed E-state index contributed by atoms with van der Waals surface area (Å²) in [4.78, 5) is 0. The molecular formula is C22H40. The van der Waals surface area contributed by atoms with E-state index >= 15 is 0 Å². The summed E-state index contributed by atoms with van der Waals surface area (Å²) in [6.45, 7) is 12.3. The highest BCUT2D eigenvalue weighted by Gasteiger charge is 1.84. The van der Waals surface area contributed by atoms with Crippen LogP contribution >= 0.6 is 0 Å². The normalized spacial score (nSPS) is 7.18. The third-order valence-electron chi connectivity index (χ3n) is 2.32. The molecule has 0 N–H and O–H groups in total. The molecule has 0 heteroatoms. The molecule has 0 aliphatic rings. The van der Waals surface area contributed by atoms with Crippen molar-refractivity contribution in [2.24, 2.45) is 0 Å². The van der Waals surface area contributed by atoms with Gasteiger partial charge in [0.15, 0.2) is 0 Å². The Bertz CT molecular complexity index is 362. The van der Waals surface area contributed by atoms with Crippen molar-refractivity contribution in [3.05, 3.63) is 71.8 Å². The van der Waals surface area contributed by atoms with Crippen LogP contribution in [-0.4, -0.2) is 0 Å². The average Bonchev–Trinajstić information content (AvgIpc) is 2.54. The molecule has 0 saturated carbocycles. The summed E-state index contributed by atoms with van der Waals surface area (Å²) in [5.74, 6) is 0. The molecule has 0 aliphatic heterocycles. The summed E-state index contributed by atoms with van der Waals surface area (Å²) in [5.41, 5.74) is 2.77. The molecule has 0 amide bonds. The summed E-state index contributed by atoms with van der Waals surface area (Å²) in [7, 11) is 0. The highest BCUT2D eigenvalue weighted by molar-refractivity contribution is 5.14. The van der Waals surface area contributed by atoms with E-state index in [1.54, 1.807) is 0 Å². The minimum Gasteiger partial charge on any atom is -0.0776 e. The number of benzene rings is 2. The first-order valence-electron chi connectivity index (χ1n) is 7.88. The lowest BCUT2D eigenvalue weighted by Crippen LogP contribution is -1.78. The number of aryl methyl sites for hydroxylation is 2. The lowest BCUT2D eigenvalue weighted by molar-refractivity contribution is 0.922. The largest absolute Gasteiger partial charge is 0.0776 e. The fourth-order valence-corrected chi connectivity index (χ4v) is 1.47. The van der Waals surface area contributed by atoms with Gasteiger partial charge in [0.1, 0.15) is 0 Å². The summed E-state index contributed by atoms with van der Waals surface area (Å²) in [5, 5.41) is 0. The second kappa shape index (κ2) is 24.5. The van der Waals surface area contributed by atoms with Crippen LogP contribution in [-0.2, 0) is 6.42 Å². The zero-order chi connectivity index (χ0) is 15.6. The molecule has 22 heavy (non-hydrogen) atoms. The molecule has 0 bridgehead atoms. The van der Waals surface area contributed by atoms with Gasteiger partial charge < -0.3 is 0 Å². The van der Waals surface area contributed by atoms with Crippen molar-refractivity contribution in [3.8, 4) is 0 Å². The highest BCUT2D eigenvalue weighted by atomic mass is 13.9. The first-order chi connectivity index (χ1) is 9.83. The van der Waals surface area contributed by atoms with Crippen LogP contribution in [0.1, 0.15) is 67.0 Å². The first kappa shape index (κ1) is 28.6. The van der Waals surface area contributed by atoms with Gasteiger partial charge in [0.2, 0.25) is 0 Å². The quantitative estimate of drug-likeness (QED) is 0.528. The Morgan fingerprint density at radius 2 is 1.00 bits per heavy atom. The molecule has 0 saturated heterocycles. The van der Waals surface area contributed by atoms with Crippen LogP contribution in [0.15, 0.2) is 60.7 Å². The summed E-state index contributed by atoms with van der Waals surface area (Å²) >= 11 is 0. The van der Waals surface area contributed by atoms with Crippen molar-refractivity contribution in [1.29, 1.82) is 0 Å². The van der Waals surface area contributed by atoms with Gasteiger partial charge in [0.25, 0.3) is 0 Å². The molecule has 128 valence electrons. The van der Waals surface area contributed by atoms with E-state index in [1.807, 2.05) is 45.9 Å². The lowest BCUT2D eigenvalue weighted by atomic mass is 10.1. The van der Waals surface area contributed by atoms with Crippen molar-refractivity contribution in [1.82, 2.24) is 0 Å². The van der Waals surface area contributed by atoms with Gasteiger partial charge in [-0.05, 0) is 18.9 Å². The average molecular weight is 305 g/mol. The third kappa shape index (κ3) is 18.4. The van der Waals surface area contributed by atoms with Crippen LogP contribution in [0.4, 0.5) is 0 Å². The minimum absolute atomic E-state index is 0. The minimum atomic E-state index is 0. The van der Waals surface area contributed by atoms with Crippen LogP contribution < -0.4 is 0 Å². The van der Waals surface area contributed by atoms with Gasteiger partial charge in [-0.1, -0.05) is 122 Å². The fraction of sp³-hybridized carbons (Fsp3) is 0.455. The Hall–Kier alpha value is -1.56. The zero-order valence-electron chi connectivity index (χ0n) is 14.2. The molecule has 0 unspecified atom stereocenters. The molecule has 2 rings (SSSR count). The Balaban J connectivity index is -0.000000113. The van der Waals surface area contributed by atoms with E-state index in [-0.39, 0.29) is 14.9 Å². The molecule has 0 heterocycles. The predicted molar refractivity (Wildman–Crippen MR) is 108 cm³/mol. The Morgan fingerprint density at radius 3 is 1.27 bits per heavy atom. The monoisotopic (exact) mass is 304 g/mol. The van der Waals surface area contributed by atoms with E-state index in [4.69, 9.17) is 0 Å². The van der Waals surface area contributed by atoms with Crippen LogP contribution in [0.3, 0.4) is 0 Å². The van der Waals surface area contributed by atoms with Gasteiger partial charge in [-0.3, -0.25) is 0 Å². The molecule has 0 radical (unpaired) electrons. The third-order valence-corrected chi connectivity index (χ3v) is 2.32. The summed E-state index contributed by atoms with van der Waals surface area (Å²) in [6.07, 6.45) is 2.45. The predicted octanol–water partition coefficient (Wildman–Crippen LogP) is 7.96. The van der Waals surface area contributed by atoms with Crippen molar-refractivity contribution >= 4 is 0 Å². The maximum atomic E-state index is 2.20. The number of rotatable bonds is 2. The molecule has 2 aromatic rings. The molecule has 0 atom stereocenters. The van der Waals surface area contributed by atoms with E-state index in [0.717, 1.165) is 0 Å².